The molecule has 17 heavy (non-hydrogen) atoms. The first-order chi connectivity index (χ1) is 8.42. The van der Waals surface area contributed by atoms with Crippen LogP contribution in [0, 0.1) is 0 Å². The standard InChI is InChI=1S/C16H13N/c1-2-4-13(5-3-1)6-7-14-8-9-16-15(12-14)10-11-17-16/h1-12,17H. The normalized spacial score (nSPS) is 11.3. The molecule has 0 atom stereocenters. The third kappa shape index (κ3) is 2.13. The molecule has 0 aliphatic carbocycles. The highest BCUT2D eigenvalue weighted by Gasteiger charge is 1.94. The number of aromatic amines is 1. The lowest BCUT2D eigenvalue weighted by molar-refractivity contribution is 1.48. The summed E-state index contributed by atoms with van der Waals surface area (Å²) >= 11 is 0. The van der Waals surface area contributed by atoms with Gasteiger partial charge in [0.1, 0.15) is 0 Å². The predicted molar refractivity (Wildman–Crippen MR) is 73.7 cm³/mol. The summed E-state index contributed by atoms with van der Waals surface area (Å²) in [5.41, 5.74) is 3.63. The lowest BCUT2D eigenvalue weighted by Crippen LogP contribution is -1.73. The molecule has 0 aliphatic rings. The minimum Gasteiger partial charge on any atom is -0.361 e. The maximum atomic E-state index is 3.20. The summed E-state index contributed by atoms with van der Waals surface area (Å²) in [4.78, 5) is 3.20. The first-order valence-corrected chi connectivity index (χ1v) is 5.72. The Bertz CT molecular complexity index is 647. The first kappa shape index (κ1) is 9.91. The van der Waals surface area contributed by atoms with Crippen molar-refractivity contribution in [3.8, 4) is 0 Å². The zero-order valence-corrected chi connectivity index (χ0v) is 9.43. The second-order valence-corrected chi connectivity index (χ2v) is 4.07. The Kier molecular flexibility index (Phi) is 2.51. The second-order valence-electron chi connectivity index (χ2n) is 4.07. The van der Waals surface area contributed by atoms with Gasteiger partial charge in [-0.05, 0) is 34.7 Å². The number of aromatic nitrogens is 1. The molecule has 0 spiro atoms. The number of benzene rings is 2. The van der Waals surface area contributed by atoms with E-state index in [2.05, 4.69) is 65.7 Å². The van der Waals surface area contributed by atoms with Gasteiger partial charge in [-0.25, -0.2) is 0 Å². The Hall–Kier alpha value is -2.28. The highest BCUT2D eigenvalue weighted by atomic mass is 14.7. The van der Waals surface area contributed by atoms with E-state index in [0.717, 1.165) is 0 Å². The molecule has 0 unspecified atom stereocenters. The van der Waals surface area contributed by atoms with Crippen LogP contribution in [0.25, 0.3) is 23.1 Å². The lowest BCUT2D eigenvalue weighted by atomic mass is 10.1. The van der Waals surface area contributed by atoms with Gasteiger partial charge in [-0.3, -0.25) is 0 Å². The van der Waals surface area contributed by atoms with E-state index in [1.165, 1.54) is 22.0 Å². The summed E-state index contributed by atoms with van der Waals surface area (Å²) in [6.45, 7) is 0. The number of hydrogen-bond donors (Lipinski definition) is 1. The number of nitrogens with one attached hydrogen (secondary N) is 1. The van der Waals surface area contributed by atoms with Crippen LogP contribution < -0.4 is 0 Å². The summed E-state index contributed by atoms with van der Waals surface area (Å²) in [5, 5.41) is 1.25. The minimum atomic E-state index is 1.18. The van der Waals surface area contributed by atoms with Crippen LogP contribution in [-0.2, 0) is 0 Å². The molecule has 0 saturated heterocycles. The van der Waals surface area contributed by atoms with Gasteiger partial charge in [0.05, 0.1) is 0 Å². The van der Waals surface area contributed by atoms with Crippen molar-refractivity contribution in [1.29, 1.82) is 0 Å². The van der Waals surface area contributed by atoms with Gasteiger partial charge in [-0.15, -0.1) is 0 Å². The van der Waals surface area contributed by atoms with E-state index in [0.29, 0.717) is 0 Å². The lowest BCUT2D eigenvalue weighted by Gasteiger charge is -1.95. The Morgan fingerprint density at radius 2 is 1.59 bits per heavy atom. The van der Waals surface area contributed by atoms with Gasteiger partial charge in [-0.2, -0.15) is 0 Å². The molecule has 1 aromatic heterocycles. The monoisotopic (exact) mass is 219 g/mol. The van der Waals surface area contributed by atoms with Gasteiger partial charge in [0.2, 0.25) is 0 Å². The Morgan fingerprint density at radius 1 is 0.765 bits per heavy atom. The van der Waals surface area contributed by atoms with Gasteiger partial charge in [0.25, 0.3) is 0 Å². The van der Waals surface area contributed by atoms with Crippen molar-refractivity contribution in [1.82, 2.24) is 4.98 Å². The molecular weight excluding hydrogens is 206 g/mol. The van der Waals surface area contributed by atoms with Gasteiger partial charge in [0, 0.05) is 11.7 Å². The Labute approximate surface area is 100 Å². The molecule has 0 radical (unpaired) electrons. The fourth-order valence-electron chi connectivity index (χ4n) is 1.93. The molecule has 0 bridgehead atoms. The van der Waals surface area contributed by atoms with E-state index in [1.54, 1.807) is 0 Å². The van der Waals surface area contributed by atoms with Crippen LogP contribution in [0.3, 0.4) is 0 Å². The average Bonchev–Trinajstić information content (AvgIpc) is 2.85. The van der Waals surface area contributed by atoms with Crippen LogP contribution in [0.4, 0.5) is 0 Å². The van der Waals surface area contributed by atoms with Crippen molar-refractivity contribution in [2.24, 2.45) is 0 Å². The molecule has 0 amide bonds. The quantitative estimate of drug-likeness (QED) is 0.617. The van der Waals surface area contributed by atoms with Crippen LogP contribution in [0.15, 0.2) is 60.8 Å². The Balaban J connectivity index is 1.92. The van der Waals surface area contributed by atoms with Crippen LogP contribution in [0.2, 0.25) is 0 Å². The zero-order chi connectivity index (χ0) is 11.5. The van der Waals surface area contributed by atoms with Gasteiger partial charge in [-0.1, -0.05) is 48.6 Å². The molecule has 2 aromatic carbocycles. The summed E-state index contributed by atoms with van der Waals surface area (Å²) < 4.78 is 0. The van der Waals surface area contributed by atoms with E-state index in [1.807, 2.05) is 12.3 Å². The largest absolute Gasteiger partial charge is 0.361 e. The van der Waals surface area contributed by atoms with Gasteiger partial charge >= 0.3 is 0 Å². The minimum absolute atomic E-state index is 1.18. The fourth-order valence-corrected chi connectivity index (χ4v) is 1.93. The molecule has 1 nitrogen and oxygen atoms in total. The second kappa shape index (κ2) is 4.30. The number of H-pyrrole nitrogens is 1. The highest BCUT2D eigenvalue weighted by Crippen LogP contribution is 2.16. The highest BCUT2D eigenvalue weighted by molar-refractivity contribution is 5.83. The topological polar surface area (TPSA) is 15.8 Å². The first-order valence-electron chi connectivity index (χ1n) is 5.72. The molecule has 82 valence electrons. The SMILES string of the molecule is C(=Cc1ccc2[nH]ccc2c1)c1ccccc1. The van der Waals surface area contributed by atoms with Crippen molar-refractivity contribution in [2.75, 3.05) is 0 Å². The molecule has 0 fully saturated rings. The molecule has 3 aromatic rings. The van der Waals surface area contributed by atoms with Gasteiger partial charge in [0.15, 0.2) is 0 Å². The number of hydrogen-bond acceptors (Lipinski definition) is 0. The third-order valence-corrected chi connectivity index (χ3v) is 2.85. The van der Waals surface area contributed by atoms with E-state index in [-0.39, 0.29) is 0 Å². The third-order valence-electron chi connectivity index (χ3n) is 2.85. The predicted octanol–water partition coefficient (Wildman–Crippen LogP) is 4.34. The molecule has 1 heteroatoms. The maximum absolute atomic E-state index is 3.20. The van der Waals surface area contributed by atoms with Crippen molar-refractivity contribution in [3.05, 3.63) is 71.9 Å². The van der Waals surface area contributed by atoms with Crippen molar-refractivity contribution in [3.63, 3.8) is 0 Å². The van der Waals surface area contributed by atoms with E-state index < -0.39 is 0 Å². The summed E-state index contributed by atoms with van der Waals surface area (Å²) in [7, 11) is 0. The summed E-state index contributed by atoms with van der Waals surface area (Å²) in [6, 6.07) is 18.8. The number of rotatable bonds is 2. The molecule has 0 saturated carbocycles. The molecule has 1 N–H and O–H groups in total. The van der Waals surface area contributed by atoms with Crippen LogP contribution >= 0.6 is 0 Å². The number of fused-ring (bicyclic) bond motifs is 1. The molecular formula is C16H13N. The zero-order valence-electron chi connectivity index (χ0n) is 9.43. The van der Waals surface area contributed by atoms with Crippen LogP contribution in [0.5, 0.6) is 0 Å². The molecule has 0 aliphatic heterocycles. The van der Waals surface area contributed by atoms with Crippen molar-refractivity contribution >= 4 is 23.1 Å². The van der Waals surface area contributed by atoms with Crippen molar-refractivity contribution in [2.45, 2.75) is 0 Å². The molecule has 3 rings (SSSR count). The van der Waals surface area contributed by atoms with Crippen LogP contribution in [-0.4, -0.2) is 4.98 Å². The van der Waals surface area contributed by atoms with E-state index in [4.69, 9.17) is 0 Å². The van der Waals surface area contributed by atoms with Gasteiger partial charge < -0.3 is 4.98 Å². The maximum Gasteiger partial charge on any atom is 0.0454 e. The summed E-state index contributed by atoms with van der Waals surface area (Å²) in [6.07, 6.45) is 6.24. The van der Waals surface area contributed by atoms with Crippen molar-refractivity contribution < 1.29 is 0 Å². The van der Waals surface area contributed by atoms with Crippen LogP contribution in [0.1, 0.15) is 11.1 Å². The van der Waals surface area contributed by atoms with E-state index in [9.17, 15) is 0 Å². The molecule has 1 heterocycles. The Morgan fingerprint density at radius 3 is 2.47 bits per heavy atom. The smallest absolute Gasteiger partial charge is 0.0454 e. The fraction of sp³-hybridized carbons (Fsp3) is 0. The average molecular weight is 219 g/mol. The summed E-state index contributed by atoms with van der Waals surface area (Å²) in [5.74, 6) is 0. The van der Waals surface area contributed by atoms with E-state index >= 15 is 0 Å².